The SMILES string of the molecule is CCO[P@@](=O)(c1ccccc1)[C@H](NC(C)=O)C(=O)c1ccccc1. The molecule has 1 amide bonds. The Hall–Kier alpha value is -2.23. The smallest absolute Gasteiger partial charge is 0.261 e. The maximum absolute atomic E-state index is 13.6. The van der Waals surface area contributed by atoms with E-state index in [0.29, 0.717) is 10.9 Å². The van der Waals surface area contributed by atoms with Gasteiger partial charge in [-0.1, -0.05) is 48.5 Å². The Bertz CT molecular complexity index is 746. The average Bonchev–Trinajstić information content (AvgIpc) is 2.60. The number of rotatable bonds is 7. The van der Waals surface area contributed by atoms with Crippen molar-refractivity contribution in [2.45, 2.75) is 19.6 Å². The second kappa shape index (κ2) is 8.04. The summed E-state index contributed by atoms with van der Waals surface area (Å²) < 4.78 is 19.1. The lowest BCUT2D eigenvalue weighted by atomic mass is 10.1. The number of carbonyl (C=O) groups is 2. The Balaban J connectivity index is 2.53. The van der Waals surface area contributed by atoms with E-state index >= 15 is 0 Å². The molecule has 0 saturated carbocycles. The fraction of sp³-hybridized carbons (Fsp3) is 0.222. The number of hydrogen-bond donors (Lipinski definition) is 1. The monoisotopic (exact) mass is 345 g/mol. The van der Waals surface area contributed by atoms with Crippen LogP contribution in [0.15, 0.2) is 60.7 Å². The van der Waals surface area contributed by atoms with Gasteiger partial charge in [0, 0.05) is 17.8 Å². The zero-order valence-corrected chi connectivity index (χ0v) is 14.5. The van der Waals surface area contributed by atoms with Gasteiger partial charge in [0.1, 0.15) is 0 Å². The molecule has 0 heterocycles. The van der Waals surface area contributed by atoms with Crippen LogP contribution in [0.5, 0.6) is 0 Å². The zero-order chi connectivity index (χ0) is 17.6. The molecule has 0 aliphatic rings. The molecule has 0 bridgehead atoms. The summed E-state index contributed by atoms with van der Waals surface area (Å²) in [5.74, 6) is -2.15. The minimum Gasteiger partial charge on any atom is -0.338 e. The Morgan fingerprint density at radius 1 is 1.04 bits per heavy atom. The van der Waals surface area contributed by atoms with Gasteiger partial charge in [-0.05, 0) is 19.1 Å². The lowest BCUT2D eigenvalue weighted by Gasteiger charge is -2.27. The minimum atomic E-state index is -3.64. The number of Topliss-reactive ketones (excluding diaryl/α,β-unsaturated/α-hetero) is 1. The highest BCUT2D eigenvalue weighted by Gasteiger charge is 2.42. The fourth-order valence-corrected chi connectivity index (χ4v) is 4.76. The maximum Gasteiger partial charge on any atom is 0.261 e. The van der Waals surface area contributed by atoms with Crippen molar-refractivity contribution in [1.82, 2.24) is 5.32 Å². The van der Waals surface area contributed by atoms with E-state index < -0.39 is 24.8 Å². The third kappa shape index (κ3) is 3.99. The number of ketones is 1. The van der Waals surface area contributed by atoms with Crippen molar-refractivity contribution < 1.29 is 18.7 Å². The van der Waals surface area contributed by atoms with Crippen molar-refractivity contribution >= 4 is 24.4 Å². The van der Waals surface area contributed by atoms with Gasteiger partial charge in [-0.2, -0.15) is 0 Å². The van der Waals surface area contributed by atoms with E-state index in [0.717, 1.165) is 0 Å². The Morgan fingerprint density at radius 3 is 2.08 bits per heavy atom. The molecule has 24 heavy (non-hydrogen) atoms. The average molecular weight is 345 g/mol. The van der Waals surface area contributed by atoms with Gasteiger partial charge in [0.05, 0.1) is 6.61 Å². The van der Waals surface area contributed by atoms with Crippen LogP contribution in [0.3, 0.4) is 0 Å². The summed E-state index contributed by atoms with van der Waals surface area (Å²) in [4.78, 5) is 24.5. The highest BCUT2D eigenvalue weighted by atomic mass is 31.2. The number of hydrogen-bond acceptors (Lipinski definition) is 4. The van der Waals surface area contributed by atoms with Gasteiger partial charge < -0.3 is 9.84 Å². The predicted octanol–water partition coefficient (Wildman–Crippen LogP) is 2.97. The third-order valence-electron chi connectivity index (χ3n) is 3.42. The highest BCUT2D eigenvalue weighted by molar-refractivity contribution is 7.68. The molecule has 0 fully saturated rings. The molecule has 0 aliphatic carbocycles. The van der Waals surface area contributed by atoms with Gasteiger partial charge in [0.2, 0.25) is 5.91 Å². The molecule has 2 rings (SSSR count). The van der Waals surface area contributed by atoms with Crippen molar-refractivity contribution in [2.75, 3.05) is 6.61 Å². The van der Waals surface area contributed by atoms with Crippen LogP contribution >= 0.6 is 7.37 Å². The van der Waals surface area contributed by atoms with Crippen LogP contribution in [0.4, 0.5) is 0 Å². The summed E-state index contributed by atoms with van der Waals surface area (Å²) in [6.07, 6.45) is 0. The second-order valence-electron chi connectivity index (χ2n) is 5.18. The number of amides is 1. The number of benzene rings is 2. The quantitative estimate of drug-likeness (QED) is 0.618. The van der Waals surface area contributed by atoms with E-state index in [1.54, 1.807) is 67.6 Å². The molecule has 0 aromatic heterocycles. The first-order valence-corrected chi connectivity index (χ1v) is 9.34. The van der Waals surface area contributed by atoms with Crippen molar-refractivity contribution in [2.24, 2.45) is 0 Å². The van der Waals surface area contributed by atoms with Crippen LogP contribution < -0.4 is 10.6 Å². The molecular formula is C18H20NO4P. The summed E-state index contributed by atoms with van der Waals surface area (Å²) in [7, 11) is -3.64. The van der Waals surface area contributed by atoms with E-state index in [-0.39, 0.29) is 6.61 Å². The van der Waals surface area contributed by atoms with Gasteiger partial charge in [0.25, 0.3) is 7.37 Å². The van der Waals surface area contributed by atoms with Crippen LogP contribution in [0.25, 0.3) is 0 Å². The van der Waals surface area contributed by atoms with Crippen LogP contribution in [0.1, 0.15) is 24.2 Å². The van der Waals surface area contributed by atoms with E-state index in [9.17, 15) is 14.2 Å². The van der Waals surface area contributed by atoms with Crippen molar-refractivity contribution in [1.29, 1.82) is 0 Å². The van der Waals surface area contributed by atoms with E-state index in [2.05, 4.69) is 5.32 Å². The molecule has 2 aromatic carbocycles. The fourth-order valence-electron chi connectivity index (χ4n) is 2.38. The number of nitrogens with one attached hydrogen (secondary N) is 1. The first kappa shape index (κ1) is 18.1. The topological polar surface area (TPSA) is 72.5 Å². The van der Waals surface area contributed by atoms with Gasteiger partial charge in [-0.3, -0.25) is 14.2 Å². The van der Waals surface area contributed by atoms with Crippen molar-refractivity contribution in [3.63, 3.8) is 0 Å². The molecule has 5 nitrogen and oxygen atoms in total. The van der Waals surface area contributed by atoms with E-state index in [1.807, 2.05) is 0 Å². The summed E-state index contributed by atoms with van der Waals surface area (Å²) in [6.45, 7) is 3.14. The molecule has 0 radical (unpaired) electrons. The van der Waals surface area contributed by atoms with E-state index in [4.69, 9.17) is 4.52 Å². The van der Waals surface area contributed by atoms with Crippen LogP contribution in [-0.4, -0.2) is 24.1 Å². The van der Waals surface area contributed by atoms with Crippen LogP contribution in [0.2, 0.25) is 0 Å². The standard InChI is InChI=1S/C18H20NO4P/c1-3-23-24(22,16-12-8-5-9-13-16)18(19-14(2)20)17(21)15-10-6-4-7-11-15/h4-13,18H,3H2,1-2H3,(H,19,20)/t18-,24-/m0/s1. The summed E-state index contributed by atoms with van der Waals surface area (Å²) in [5, 5.41) is 2.92. The molecule has 126 valence electrons. The summed E-state index contributed by atoms with van der Waals surface area (Å²) in [6, 6.07) is 17.0. The zero-order valence-electron chi connectivity index (χ0n) is 13.6. The first-order valence-electron chi connectivity index (χ1n) is 7.65. The number of carbonyl (C=O) groups excluding carboxylic acids is 2. The summed E-state index contributed by atoms with van der Waals surface area (Å²) in [5.41, 5.74) is 0.368. The molecule has 0 saturated heterocycles. The first-order chi connectivity index (χ1) is 11.5. The highest BCUT2D eigenvalue weighted by Crippen LogP contribution is 2.50. The summed E-state index contributed by atoms with van der Waals surface area (Å²) >= 11 is 0. The molecule has 0 spiro atoms. The van der Waals surface area contributed by atoms with Crippen LogP contribution in [0, 0.1) is 0 Å². The molecule has 6 heteroatoms. The van der Waals surface area contributed by atoms with Gasteiger partial charge in [-0.25, -0.2) is 0 Å². The Labute approximate surface area is 141 Å². The lowest BCUT2D eigenvalue weighted by Crippen LogP contribution is -2.42. The normalized spacial score (nSPS) is 14.4. The van der Waals surface area contributed by atoms with Crippen LogP contribution in [-0.2, 0) is 13.9 Å². The van der Waals surface area contributed by atoms with E-state index in [1.165, 1.54) is 6.92 Å². The molecule has 2 atom stereocenters. The Kier molecular flexibility index (Phi) is 6.07. The van der Waals surface area contributed by atoms with Crippen molar-refractivity contribution in [3.8, 4) is 0 Å². The van der Waals surface area contributed by atoms with Gasteiger partial charge >= 0.3 is 0 Å². The molecule has 0 unspecified atom stereocenters. The van der Waals surface area contributed by atoms with Gasteiger partial charge in [0.15, 0.2) is 11.6 Å². The molecular weight excluding hydrogens is 325 g/mol. The molecule has 1 N–H and O–H groups in total. The minimum absolute atomic E-state index is 0.157. The van der Waals surface area contributed by atoms with Gasteiger partial charge in [-0.15, -0.1) is 0 Å². The van der Waals surface area contributed by atoms with Crippen molar-refractivity contribution in [3.05, 3.63) is 66.2 Å². The third-order valence-corrected chi connectivity index (χ3v) is 6.13. The molecule has 2 aromatic rings. The molecule has 0 aliphatic heterocycles. The second-order valence-corrected chi connectivity index (χ2v) is 7.67. The predicted molar refractivity (Wildman–Crippen MR) is 93.7 cm³/mol. The maximum atomic E-state index is 13.6. The lowest BCUT2D eigenvalue weighted by molar-refractivity contribution is -0.119. The Morgan fingerprint density at radius 2 is 1.58 bits per heavy atom. The largest absolute Gasteiger partial charge is 0.338 e.